The fraction of sp³-hybridized carbons (Fsp3) is 0.143. The second-order valence-electron chi connectivity index (χ2n) is 5.98. The smallest absolute Gasteiger partial charge is 0.258 e. The maximum atomic E-state index is 12.5. The highest BCUT2D eigenvalue weighted by Gasteiger charge is 2.13. The van der Waals surface area contributed by atoms with Crippen LogP contribution in [-0.2, 0) is 0 Å². The molecule has 2 amide bonds. The minimum absolute atomic E-state index is 0.0137. The fourth-order valence-electron chi connectivity index (χ4n) is 2.50. The molecule has 0 saturated heterocycles. The first-order valence-electron chi connectivity index (χ1n) is 8.86. The molecule has 30 heavy (non-hydrogen) atoms. The number of hydrogen-bond acceptors (Lipinski definition) is 7. The minimum atomic E-state index is -0.418. The molecule has 9 heteroatoms. The summed E-state index contributed by atoms with van der Waals surface area (Å²) in [5.74, 6) is 0.809. The molecule has 0 aliphatic carbocycles. The van der Waals surface area contributed by atoms with E-state index in [1.54, 1.807) is 62.8 Å². The first kappa shape index (κ1) is 20.6. The molecular formula is C21H20N4O5. The maximum absolute atomic E-state index is 12.5. The Kier molecular flexibility index (Phi) is 6.43. The van der Waals surface area contributed by atoms with Gasteiger partial charge in [-0.25, -0.2) is 0 Å². The second-order valence-corrected chi connectivity index (χ2v) is 5.98. The monoisotopic (exact) mass is 408 g/mol. The van der Waals surface area contributed by atoms with Crippen molar-refractivity contribution in [2.45, 2.75) is 0 Å². The SMILES string of the molecule is COc1ccc(C(=O)Nc2cc(OC)nc(NC(=O)c3ccc(OC)cc3)n2)cc1. The summed E-state index contributed by atoms with van der Waals surface area (Å²) in [5, 5.41) is 5.25. The van der Waals surface area contributed by atoms with Crippen LogP contribution < -0.4 is 24.8 Å². The summed E-state index contributed by atoms with van der Waals surface area (Å²) in [7, 11) is 4.51. The van der Waals surface area contributed by atoms with Gasteiger partial charge in [-0.15, -0.1) is 0 Å². The number of methoxy groups -OCH3 is 3. The zero-order valence-corrected chi connectivity index (χ0v) is 16.6. The number of anilines is 2. The Balaban J connectivity index is 1.76. The van der Waals surface area contributed by atoms with E-state index in [-0.39, 0.29) is 23.6 Å². The lowest BCUT2D eigenvalue weighted by molar-refractivity contribution is 0.101. The molecule has 0 unspecified atom stereocenters. The third-order valence-corrected chi connectivity index (χ3v) is 4.08. The number of aromatic nitrogens is 2. The molecule has 1 heterocycles. The van der Waals surface area contributed by atoms with Crippen molar-refractivity contribution in [3.63, 3.8) is 0 Å². The fourth-order valence-corrected chi connectivity index (χ4v) is 2.50. The lowest BCUT2D eigenvalue weighted by Gasteiger charge is -2.10. The van der Waals surface area contributed by atoms with Gasteiger partial charge in [-0.05, 0) is 48.5 Å². The largest absolute Gasteiger partial charge is 0.497 e. The number of carbonyl (C=O) groups excluding carboxylic acids is 2. The van der Waals surface area contributed by atoms with Crippen LogP contribution in [0.4, 0.5) is 11.8 Å². The summed E-state index contributed by atoms with van der Waals surface area (Å²) >= 11 is 0. The second kappa shape index (κ2) is 9.37. The van der Waals surface area contributed by atoms with Crippen molar-refractivity contribution in [3.8, 4) is 17.4 Å². The Hall–Kier alpha value is -4.14. The molecular weight excluding hydrogens is 388 g/mol. The van der Waals surface area contributed by atoms with Gasteiger partial charge in [0.25, 0.3) is 11.8 Å². The predicted molar refractivity (Wildman–Crippen MR) is 110 cm³/mol. The van der Waals surface area contributed by atoms with Crippen LogP contribution >= 0.6 is 0 Å². The first-order valence-corrected chi connectivity index (χ1v) is 8.86. The summed E-state index contributed by atoms with van der Waals surface area (Å²) in [4.78, 5) is 33.2. The van der Waals surface area contributed by atoms with Crippen LogP contribution in [0.3, 0.4) is 0 Å². The molecule has 0 aliphatic rings. The van der Waals surface area contributed by atoms with E-state index in [1.807, 2.05) is 0 Å². The van der Waals surface area contributed by atoms with Gasteiger partial charge >= 0.3 is 0 Å². The quantitative estimate of drug-likeness (QED) is 0.618. The number of nitrogens with one attached hydrogen (secondary N) is 2. The number of nitrogens with zero attached hydrogens (tertiary/aromatic N) is 2. The van der Waals surface area contributed by atoms with Gasteiger partial charge in [0, 0.05) is 17.2 Å². The summed E-state index contributed by atoms with van der Waals surface area (Å²) in [6.07, 6.45) is 0. The molecule has 0 atom stereocenters. The van der Waals surface area contributed by atoms with E-state index >= 15 is 0 Å². The molecule has 2 aromatic carbocycles. The van der Waals surface area contributed by atoms with Gasteiger partial charge in [-0.1, -0.05) is 0 Å². The molecule has 2 N–H and O–H groups in total. The number of amides is 2. The van der Waals surface area contributed by atoms with Crippen molar-refractivity contribution in [1.82, 2.24) is 9.97 Å². The Morgan fingerprint density at radius 2 is 1.20 bits per heavy atom. The highest BCUT2D eigenvalue weighted by atomic mass is 16.5. The van der Waals surface area contributed by atoms with Crippen LogP contribution in [0.15, 0.2) is 54.6 Å². The van der Waals surface area contributed by atoms with Crippen molar-refractivity contribution in [3.05, 3.63) is 65.7 Å². The van der Waals surface area contributed by atoms with Crippen molar-refractivity contribution in [2.24, 2.45) is 0 Å². The number of rotatable bonds is 7. The normalized spacial score (nSPS) is 10.1. The van der Waals surface area contributed by atoms with Crippen molar-refractivity contribution < 1.29 is 23.8 Å². The number of carbonyl (C=O) groups is 2. The zero-order valence-electron chi connectivity index (χ0n) is 16.6. The molecule has 1 aromatic heterocycles. The topological polar surface area (TPSA) is 112 Å². The lowest BCUT2D eigenvalue weighted by atomic mass is 10.2. The lowest BCUT2D eigenvalue weighted by Crippen LogP contribution is -2.17. The summed E-state index contributed by atoms with van der Waals surface area (Å²) in [5.41, 5.74) is 0.809. The number of ether oxygens (including phenoxy) is 3. The molecule has 0 spiro atoms. The summed E-state index contributed by atoms with van der Waals surface area (Å²) in [6, 6.07) is 14.6. The van der Waals surface area contributed by atoms with Gasteiger partial charge in [0.05, 0.1) is 21.3 Å². The average molecular weight is 408 g/mol. The van der Waals surface area contributed by atoms with E-state index in [4.69, 9.17) is 14.2 Å². The highest BCUT2D eigenvalue weighted by molar-refractivity contribution is 6.05. The first-order chi connectivity index (χ1) is 14.5. The third kappa shape index (κ3) is 5.02. The van der Waals surface area contributed by atoms with Gasteiger partial charge in [-0.2, -0.15) is 9.97 Å². The van der Waals surface area contributed by atoms with E-state index in [2.05, 4.69) is 20.6 Å². The van der Waals surface area contributed by atoms with E-state index < -0.39 is 5.91 Å². The average Bonchev–Trinajstić information content (AvgIpc) is 2.78. The summed E-state index contributed by atoms with van der Waals surface area (Å²) in [6.45, 7) is 0. The molecule has 0 fully saturated rings. The van der Waals surface area contributed by atoms with E-state index in [1.165, 1.54) is 13.2 Å². The number of hydrogen-bond donors (Lipinski definition) is 2. The number of benzene rings is 2. The van der Waals surface area contributed by atoms with E-state index in [9.17, 15) is 9.59 Å². The molecule has 0 radical (unpaired) electrons. The van der Waals surface area contributed by atoms with Gasteiger partial charge in [0.2, 0.25) is 11.8 Å². The highest BCUT2D eigenvalue weighted by Crippen LogP contribution is 2.19. The summed E-state index contributed by atoms with van der Waals surface area (Å²) < 4.78 is 15.3. The van der Waals surface area contributed by atoms with Crippen LogP contribution in [0.1, 0.15) is 20.7 Å². The Morgan fingerprint density at radius 3 is 1.67 bits per heavy atom. The Morgan fingerprint density at radius 1 is 0.700 bits per heavy atom. The van der Waals surface area contributed by atoms with Crippen molar-refractivity contribution in [2.75, 3.05) is 32.0 Å². The molecule has 3 rings (SSSR count). The van der Waals surface area contributed by atoms with E-state index in [0.29, 0.717) is 22.6 Å². The third-order valence-electron chi connectivity index (χ3n) is 4.08. The zero-order chi connectivity index (χ0) is 21.5. The van der Waals surface area contributed by atoms with Crippen LogP contribution in [-0.4, -0.2) is 43.1 Å². The predicted octanol–water partition coefficient (Wildman–Crippen LogP) is 3.01. The van der Waals surface area contributed by atoms with E-state index in [0.717, 1.165) is 0 Å². The molecule has 0 bridgehead atoms. The molecule has 0 saturated carbocycles. The molecule has 154 valence electrons. The van der Waals surface area contributed by atoms with Crippen molar-refractivity contribution >= 4 is 23.6 Å². The van der Waals surface area contributed by atoms with Gasteiger partial charge in [0.15, 0.2) is 0 Å². The minimum Gasteiger partial charge on any atom is -0.497 e. The Labute approximate surface area is 173 Å². The molecule has 9 nitrogen and oxygen atoms in total. The molecule has 0 aliphatic heterocycles. The van der Waals surface area contributed by atoms with Gasteiger partial charge in [-0.3, -0.25) is 14.9 Å². The standard InChI is InChI=1S/C21H20N4O5/c1-28-15-8-4-13(5-9-15)19(26)22-17-12-18(30-3)24-21(23-17)25-20(27)14-6-10-16(29-2)11-7-14/h4-12H,1-3H3,(H2,22,23,24,25,26,27). The maximum Gasteiger partial charge on any atom is 0.258 e. The van der Waals surface area contributed by atoms with Crippen LogP contribution in [0.5, 0.6) is 17.4 Å². The van der Waals surface area contributed by atoms with Gasteiger partial charge in [0.1, 0.15) is 17.3 Å². The van der Waals surface area contributed by atoms with Crippen LogP contribution in [0.25, 0.3) is 0 Å². The Bertz CT molecular complexity index is 957. The van der Waals surface area contributed by atoms with Crippen LogP contribution in [0.2, 0.25) is 0 Å². The van der Waals surface area contributed by atoms with Gasteiger partial charge < -0.3 is 19.5 Å². The molecule has 3 aromatic rings. The van der Waals surface area contributed by atoms with Crippen molar-refractivity contribution in [1.29, 1.82) is 0 Å². The van der Waals surface area contributed by atoms with Crippen LogP contribution in [0, 0.1) is 0 Å².